The van der Waals surface area contributed by atoms with Crippen LogP contribution in [0, 0.1) is 0 Å². The highest BCUT2D eigenvalue weighted by atomic mass is 16.4. The number of hydrogen-bond acceptors (Lipinski definition) is 3. The van der Waals surface area contributed by atoms with E-state index in [1.54, 1.807) is 6.20 Å². The van der Waals surface area contributed by atoms with Gasteiger partial charge in [0.25, 0.3) is 0 Å². The molecule has 1 atom stereocenters. The lowest BCUT2D eigenvalue weighted by Gasteiger charge is -2.24. The van der Waals surface area contributed by atoms with Crippen molar-refractivity contribution >= 4 is 5.97 Å². The Balaban J connectivity index is 2.32. The molecule has 0 aromatic heterocycles. The second-order valence-corrected chi connectivity index (χ2v) is 3.87. The molecule has 0 aliphatic carbocycles. The summed E-state index contributed by atoms with van der Waals surface area (Å²) in [5.41, 5.74) is 0. The summed E-state index contributed by atoms with van der Waals surface area (Å²) in [6.07, 6.45) is 5.25. The first kappa shape index (κ1) is 11.0. The fourth-order valence-corrected chi connectivity index (χ4v) is 1.79. The first-order valence-electron chi connectivity index (χ1n) is 4.91. The average Bonchev–Trinajstić information content (AvgIpc) is 2.49. The van der Waals surface area contributed by atoms with E-state index in [1.807, 2.05) is 11.9 Å². The Kier molecular flexibility index (Phi) is 3.95. The molecule has 1 rings (SSSR count). The quantitative estimate of drug-likeness (QED) is 0.672. The topological polar surface area (TPSA) is 43.8 Å². The van der Waals surface area contributed by atoms with E-state index < -0.39 is 5.97 Å². The lowest BCUT2D eigenvalue weighted by molar-refractivity contribution is -0.131. The van der Waals surface area contributed by atoms with Crippen LogP contribution in [0.5, 0.6) is 0 Å². The van der Waals surface area contributed by atoms with Crippen molar-refractivity contribution in [1.82, 2.24) is 9.80 Å². The van der Waals surface area contributed by atoms with Crippen molar-refractivity contribution in [2.75, 3.05) is 27.2 Å². The number of carboxylic acid groups (broad SMARTS) is 1. The second-order valence-electron chi connectivity index (χ2n) is 3.87. The minimum atomic E-state index is -0.892. The van der Waals surface area contributed by atoms with Gasteiger partial charge in [-0.1, -0.05) is 0 Å². The van der Waals surface area contributed by atoms with Crippen molar-refractivity contribution in [3.63, 3.8) is 0 Å². The Morgan fingerprint density at radius 1 is 1.71 bits per heavy atom. The van der Waals surface area contributed by atoms with Gasteiger partial charge in [-0.15, -0.1) is 0 Å². The standard InChI is InChI=1S/C10H18N2O2/c1-11(7-5-10(13)14)8-9-4-3-6-12(9)2/h5,7,9H,3-4,6,8H2,1-2H3,(H,13,14). The number of nitrogens with zero attached hydrogens (tertiary/aromatic N) is 2. The van der Waals surface area contributed by atoms with Crippen LogP contribution in [0.2, 0.25) is 0 Å². The van der Waals surface area contributed by atoms with Gasteiger partial charge < -0.3 is 14.9 Å². The van der Waals surface area contributed by atoms with Crippen LogP contribution < -0.4 is 0 Å². The third-order valence-corrected chi connectivity index (χ3v) is 2.64. The zero-order valence-corrected chi connectivity index (χ0v) is 8.81. The Morgan fingerprint density at radius 2 is 2.43 bits per heavy atom. The van der Waals surface area contributed by atoms with Crippen molar-refractivity contribution in [3.8, 4) is 0 Å². The van der Waals surface area contributed by atoms with Gasteiger partial charge >= 0.3 is 5.97 Å². The summed E-state index contributed by atoms with van der Waals surface area (Å²) in [4.78, 5) is 14.5. The Labute approximate surface area is 84.8 Å². The molecule has 4 nitrogen and oxygen atoms in total. The maximum absolute atomic E-state index is 10.3. The number of likely N-dealkylation sites (N-methyl/N-ethyl adjacent to an activating group) is 2. The van der Waals surface area contributed by atoms with Crippen LogP contribution in [0.3, 0.4) is 0 Å². The molecule has 1 heterocycles. The van der Waals surface area contributed by atoms with Crippen LogP contribution in [0.4, 0.5) is 0 Å². The first-order chi connectivity index (χ1) is 6.59. The number of carboxylic acids is 1. The van der Waals surface area contributed by atoms with E-state index in [4.69, 9.17) is 5.11 Å². The molecule has 0 aromatic rings. The number of hydrogen-bond donors (Lipinski definition) is 1. The molecule has 4 heteroatoms. The highest BCUT2D eigenvalue weighted by Gasteiger charge is 2.21. The lowest BCUT2D eigenvalue weighted by Crippen LogP contribution is -2.34. The molecule has 1 aliphatic rings. The average molecular weight is 198 g/mol. The number of rotatable bonds is 4. The van der Waals surface area contributed by atoms with Crippen LogP contribution >= 0.6 is 0 Å². The zero-order valence-electron chi connectivity index (χ0n) is 8.81. The van der Waals surface area contributed by atoms with Crippen LogP contribution in [0.15, 0.2) is 12.3 Å². The molecular weight excluding hydrogens is 180 g/mol. The van der Waals surface area contributed by atoms with Gasteiger partial charge in [0.05, 0.1) is 0 Å². The van der Waals surface area contributed by atoms with Crippen LogP contribution in [0.1, 0.15) is 12.8 Å². The molecule has 1 N–H and O–H groups in total. The maximum Gasteiger partial charge on any atom is 0.329 e. The fraction of sp³-hybridized carbons (Fsp3) is 0.700. The summed E-state index contributed by atoms with van der Waals surface area (Å²) in [5.74, 6) is -0.892. The Morgan fingerprint density at radius 3 is 2.93 bits per heavy atom. The maximum atomic E-state index is 10.3. The summed E-state index contributed by atoms with van der Waals surface area (Å²) < 4.78 is 0. The van der Waals surface area contributed by atoms with Gasteiger partial charge in [-0.25, -0.2) is 4.79 Å². The van der Waals surface area contributed by atoms with Crippen molar-refractivity contribution in [2.45, 2.75) is 18.9 Å². The molecule has 1 fully saturated rings. The monoisotopic (exact) mass is 198 g/mol. The largest absolute Gasteiger partial charge is 0.478 e. The van der Waals surface area contributed by atoms with Crippen LogP contribution in [-0.4, -0.2) is 54.1 Å². The zero-order chi connectivity index (χ0) is 10.6. The van der Waals surface area contributed by atoms with Gasteiger partial charge in [0.15, 0.2) is 0 Å². The molecule has 80 valence electrons. The summed E-state index contributed by atoms with van der Waals surface area (Å²) in [6, 6.07) is 0.568. The predicted octanol–water partition coefficient (Wildman–Crippen LogP) is 0.611. The van der Waals surface area contributed by atoms with Crippen LogP contribution in [-0.2, 0) is 4.79 Å². The molecule has 1 aliphatic heterocycles. The molecule has 0 amide bonds. The normalized spacial score (nSPS) is 23.1. The van der Waals surface area contributed by atoms with E-state index in [1.165, 1.54) is 18.9 Å². The van der Waals surface area contributed by atoms with Gasteiger partial charge in [-0.3, -0.25) is 0 Å². The lowest BCUT2D eigenvalue weighted by atomic mass is 10.2. The highest BCUT2D eigenvalue weighted by molar-refractivity contribution is 5.79. The fourth-order valence-electron chi connectivity index (χ4n) is 1.79. The summed E-state index contributed by atoms with van der Waals surface area (Å²) in [5, 5.41) is 8.45. The molecule has 0 saturated carbocycles. The molecule has 14 heavy (non-hydrogen) atoms. The van der Waals surface area contributed by atoms with Crippen molar-refractivity contribution in [1.29, 1.82) is 0 Å². The number of aliphatic carboxylic acids is 1. The smallest absolute Gasteiger partial charge is 0.329 e. The number of likely N-dealkylation sites (tertiary alicyclic amines) is 1. The summed E-state index contributed by atoms with van der Waals surface area (Å²) in [7, 11) is 4.03. The second kappa shape index (κ2) is 5.00. The molecule has 0 bridgehead atoms. The van der Waals surface area contributed by atoms with Gasteiger partial charge in [0.1, 0.15) is 0 Å². The first-order valence-corrected chi connectivity index (χ1v) is 4.91. The molecule has 1 unspecified atom stereocenters. The Bertz CT molecular complexity index is 228. The Hall–Kier alpha value is -1.03. The number of carbonyl (C=O) groups is 1. The molecule has 0 spiro atoms. The van der Waals surface area contributed by atoms with E-state index in [2.05, 4.69) is 11.9 Å². The summed E-state index contributed by atoms with van der Waals surface area (Å²) >= 11 is 0. The minimum absolute atomic E-state index is 0.568. The van der Waals surface area contributed by atoms with Gasteiger partial charge in [0.2, 0.25) is 0 Å². The van der Waals surface area contributed by atoms with E-state index >= 15 is 0 Å². The van der Waals surface area contributed by atoms with Gasteiger partial charge in [0, 0.05) is 31.9 Å². The van der Waals surface area contributed by atoms with E-state index in [0.717, 1.165) is 13.1 Å². The SMILES string of the molecule is CN(C=CC(=O)O)CC1CCCN1C. The van der Waals surface area contributed by atoms with E-state index in [0.29, 0.717) is 6.04 Å². The molecular formula is C10H18N2O2. The van der Waals surface area contributed by atoms with Crippen molar-refractivity contribution in [2.24, 2.45) is 0 Å². The highest BCUT2D eigenvalue weighted by Crippen LogP contribution is 2.15. The van der Waals surface area contributed by atoms with Crippen LogP contribution in [0.25, 0.3) is 0 Å². The predicted molar refractivity (Wildman–Crippen MR) is 55.1 cm³/mol. The molecule has 1 saturated heterocycles. The van der Waals surface area contributed by atoms with Gasteiger partial charge in [-0.2, -0.15) is 0 Å². The van der Waals surface area contributed by atoms with Gasteiger partial charge in [-0.05, 0) is 26.4 Å². The third kappa shape index (κ3) is 3.38. The van der Waals surface area contributed by atoms with Crippen molar-refractivity contribution < 1.29 is 9.90 Å². The summed E-state index contributed by atoms with van der Waals surface area (Å²) in [6.45, 7) is 2.06. The minimum Gasteiger partial charge on any atom is -0.478 e. The third-order valence-electron chi connectivity index (χ3n) is 2.64. The van der Waals surface area contributed by atoms with E-state index in [-0.39, 0.29) is 0 Å². The van der Waals surface area contributed by atoms with Crippen molar-refractivity contribution in [3.05, 3.63) is 12.3 Å². The molecule has 0 radical (unpaired) electrons. The molecule has 0 aromatic carbocycles. The van der Waals surface area contributed by atoms with E-state index in [9.17, 15) is 4.79 Å².